The van der Waals surface area contributed by atoms with Crippen LogP contribution in [0.2, 0.25) is 0 Å². The van der Waals surface area contributed by atoms with E-state index in [1.165, 1.54) is 22.3 Å². The Labute approximate surface area is 93.3 Å². The summed E-state index contributed by atoms with van der Waals surface area (Å²) in [5.41, 5.74) is 5.16. The van der Waals surface area contributed by atoms with E-state index in [4.69, 9.17) is 0 Å². The zero-order chi connectivity index (χ0) is 11.4. The minimum absolute atomic E-state index is 0.586. The first-order valence-corrected chi connectivity index (χ1v) is 5.47. The van der Waals surface area contributed by atoms with Gasteiger partial charge >= 0.3 is 0 Å². The van der Waals surface area contributed by atoms with Gasteiger partial charge in [0.25, 0.3) is 0 Å². The topological polar surface area (TPSA) is 0 Å². The Morgan fingerprint density at radius 1 is 1.07 bits per heavy atom. The molecule has 0 bridgehead atoms. The van der Waals surface area contributed by atoms with Gasteiger partial charge in [-0.3, -0.25) is 0 Å². The summed E-state index contributed by atoms with van der Waals surface area (Å²) in [6.07, 6.45) is 6.39. The Morgan fingerprint density at radius 2 is 1.60 bits per heavy atom. The third kappa shape index (κ3) is 2.82. The van der Waals surface area contributed by atoms with Crippen LogP contribution in [-0.2, 0) is 0 Å². The fraction of sp³-hybridized carbons (Fsp3) is 0.333. The van der Waals surface area contributed by atoms with Crippen molar-refractivity contribution in [3.05, 3.63) is 47.0 Å². The maximum absolute atomic E-state index is 3.89. The van der Waals surface area contributed by atoms with Crippen LogP contribution in [0.5, 0.6) is 0 Å². The molecule has 0 aromatic heterocycles. The highest BCUT2D eigenvalue weighted by Gasteiger charge is 2.02. The SMILES string of the molecule is C=Cc1c(C)ccc(C)c1/C=C\C(C)C. The predicted molar refractivity (Wildman–Crippen MR) is 69.9 cm³/mol. The highest BCUT2D eigenvalue weighted by molar-refractivity contribution is 5.69. The van der Waals surface area contributed by atoms with Crippen LogP contribution in [-0.4, -0.2) is 0 Å². The molecule has 0 saturated carbocycles. The number of benzene rings is 1. The molecule has 0 N–H and O–H groups in total. The van der Waals surface area contributed by atoms with E-state index in [-0.39, 0.29) is 0 Å². The van der Waals surface area contributed by atoms with Gasteiger partial charge in [0.2, 0.25) is 0 Å². The molecule has 0 aliphatic heterocycles. The Kier molecular flexibility index (Phi) is 3.90. The van der Waals surface area contributed by atoms with Crippen molar-refractivity contribution in [3.8, 4) is 0 Å². The van der Waals surface area contributed by atoms with Crippen molar-refractivity contribution in [2.75, 3.05) is 0 Å². The van der Waals surface area contributed by atoms with Crippen molar-refractivity contribution < 1.29 is 0 Å². The smallest absolute Gasteiger partial charge is 0.0155 e. The fourth-order valence-electron chi connectivity index (χ4n) is 1.64. The minimum Gasteiger partial charge on any atom is -0.0984 e. The van der Waals surface area contributed by atoms with Crippen LogP contribution in [0.4, 0.5) is 0 Å². The summed E-state index contributed by atoms with van der Waals surface area (Å²) in [4.78, 5) is 0. The molecule has 0 aliphatic rings. The highest BCUT2D eigenvalue weighted by Crippen LogP contribution is 2.21. The van der Waals surface area contributed by atoms with Crippen molar-refractivity contribution in [1.29, 1.82) is 0 Å². The Hall–Kier alpha value is -1.30. The van der Waals surface area contributed by atoms with Gasteiger partial charge in [-0.2, -0.15) is 0 Å². The summed E-state index contributed by atoms with van der Waals surface area (Å²) in [5.74, 6) is 0.586. The Morgan fingerprint density at radius 3 is 2.07 bits per heavy atom. The van der Waals surface area contributed by atoms with E-state index in [0.717, 1.165) is 0 Å². The van der Waals surface area contributed by atoms with Crippen LogP contribution in [0.25, 0.3) is 12.2 Å². The van der Waals surface area contributed by atoms with Crippen LogP contribution in [0.1, 0.15) is 36.1 Å². The Bertz CT molecular complexity index is 381. The van der Waals surface area contributed by atoms with Crippen molar-refractivity contribution in [3.63, 3.8) is 0 Å². The lowest BCUT2D eigenvalue weighted by atomic mass is 9.96. The summed E-state index contributed by atoms with van der Waals surface area (Å²) < 4.78 is 0. The van der Waals surface area contributed by atoms with E-state index in [2.05, 4.69) is 58.6 Å². The zero-order valence-corrected chi connectivity index (χ0v) is 10.2. The highest BCUT2D eigenvalue weighted by atomic mass is 14.1. The van der Waals surface area contributed by atoms with Gasteiger partial charge in [0, 0.05) is 0 Å². The molecule has 1 aromatic carbocycles. The minimum atomic E-state index is 0.586. The maximum atomic E-state index is 3.89. The van der Waals surface area contributed by atoms with Gasteiger partial charge in [-0.15, -0.1) is 0 Å². The van der Waals surface area contributed by atoms with Crippen LogP contribution in [0, 0.1) is 19.8 Å². The first kappa shape index (κ1) is 11.8. The quantitative estimate of drug-likeness (QED) is 0.668. The molecule has 0 fully saturated rings. The van der Waals surface area contributed by atoms with Crippen molar-refractivity contribution >= 4 is 12.2 Å². The molecule has 0 amide bonds. The summed E-state index contributed by atoms with van der Waals surface area (Å²) in [5, 5.41) is 0. The van der Waals surface area contributed by atoms with Gasteiger partial charge in [-0.1, -0.05) is 50.8 Å². The summed E-state index contributed by atoms with van der Waals surface area (Å²) in [7, 11) is 0. The molecule has 1 aromatic rings. The molecular formula is C15H20. The van der Waals surface area contributed by atoms with Gasteiger partial charge in [-0.25, -0.2) is 0 Å². The van der Waals surface area contributed by atoms with Gasteiger partial charge < -0.3 is 0 Å². The molecule has 80 valence electrons. The predicted octanol–water partition coefficient (Wildman–Crippen LogP) is 4.62. The van der Waals surface area contributed by atoms with E-state index < -0.39 is 0 Å². The molecule has 0 heterocycles. The van der Waals surface area contributed by atoms with Crippen molar-refractivity contribution in [2.24, 2.45) is 5.92 Å². The number of allylic oxidation sites excluding steroid dienone is 1. The second kappa shape index (κ2) is 4.97. The molecule has 0 heteroatoms. The van der Waals surface area contributed by atoms with E-state index in [1.54, 1.807) is 0 Å². The maximum Gasteiger partial charge on any atom is -0.0155 e. The van der Waals surface area contributed by atoms with Crippen LogP contribution in [0.3, 0.4) is 0 Å². The summed E-state index contributed by atoms with van der Waals surface area (Å²) >= 11 is 0. The standard InChI is InChI=1S/C15H20/c1-6-14-12(4)8-9-13(5)15(14)10-7-11(2)3/h6-11H,1H2,2-5H3/b10-7-. The molecule has 0 unspecified atom stereocenters. The third-order valence-corrected chi connectivity index (χ3v) is 2.58. The number of hydrogen-bond acceptors (Lipinski definition) is 0. The van der Waals surface area contributed by atoms with Crippen LogP contribution < -0.4 is 0 Å². The van der Waals surface area contributed by atoms with Gasteiger partial charge in [0.15, 0.2) is 0 Å². The number of hydrogen-bond donors (Lipinski definition) is 0. The monoisotopic (exact) mass is 200 g/mol. The van der Waals surface area contributed by atoms with Crippen molar-refractivity contribution in [1.82, 2.24) is 0 Å². The molecule has 0 atom stereocenters. The lowest BCUT2D eigenvalue weighted by Gasteiger charge is -2.09. The van der Waals surface area contributed by atoms with Crippen LogP contribution in [0.15, 0.2) is 24.8 Å². The molecule has 1 rings (SSSR count). The van der Waals surface area contributed by atoms with E-state index >= 15 is 0 Å². The Balaban J connectivity index is 3.25. The average molecular weight is 200 g/mol. The second-order valence-electron chi connectivity index (χ2n) is 4.33. The normalized spacial score (nSPS) is 11.3. The molecule has 0 aliphatic carbocycles. The third-order valence-electron chi connectivity index (χ3n) is 2.58. The van der Waals surface area contributed by atoms with E-state index in [0.29, 0.717) is 5.92 Å². The largest absolute Gasteiger partial charge is 0.0984 e. The molecule has 0 saturated heterocycles. The van der Waals surface area contributed by atoms with Gasteiger partial charge in [0.1, 0.15) is 0 Å². The van der Waals surface area contributed by atoms with Gasteiger partial charge in [-0.05, 0) is 42.0 Å². The van der Waals surface area contributed by atoms with E-state index in [1.807, 2.05) is 6.08 Å². The second-order valence-corrected chi connectivity index (χ2v) is 4.33. The first-order chi connectivity index (χ1) is 7.06. The molecule has 0 nitrogen and oxygen atoms in total. The molecule has 0 radical (unpaired) electrons. The van der Waals surface area contributed by atoms with Crippen LogP contribution >= 0.6 is 0 Å². The summed E-state index contributed by atoms with van der Waals surface area (Å²) in [6, 6.07) is 4.32. The number of rotatable bonds is 3. The summed E-state index contributed by atoms with van der Waals surface area (Å²) in [6.45, 7) is 12.5. The molecular weight excluding hydrogens is 180 g/mol. The van der Waals surface area contributed by atoms with Gasteiger partial charge in [0.05, 0.1) is 0 Å². The molecule has 0 spiro atoms. The molecule has 15 heavy (non-hydrogen) atoms. The first-order valence-electron chi connectivity index (χ1n) is 5.47. The lowest BCUT2D eigenvalue weighted by molar-refractivity contribution is 0.836. The fourth-order valence-corrected chi connectivity index (χ4v) is 1.64. The average Bonchev–Trinajstić information content (AvgIpc) is 2.19. The van der Waals surface area contributed by atoms with E-state index in [9.17, 15) is 0 Å². The number of aryl methyl sites for hydroxylation is 2. The zero-order valence-electron chi connectivity index (χ0n) is 10.2. The lowest BCUT2D eigenvalue weighted by Crippen LogP contribution is -1.90. The van der Waals surface area contributed by atoms with Crippen molar-refractivity contribution in [2.45, 2.75) is 27.7 Å².